The molecule has 0 aliphatic rings. The average molecular weight is 389 g/mol. The Morgan fingerprint density at radius 2 is 1.62 bits per heavy atom. The molecule has 24 heavy (non-hydrogen) atoms. The highest BCUT2D eigenvalue weighted by Gasteiger charge is 2.34. The Balaban J connectivity index is 2.03. The zero-order valence-corrected chi connectivity index (χ0v) is 15.0. The molecular formula is C16H16Cl3N3O2. The van der Waals surface area contributed by atoms with Gasteiger partial charge in [-0.3, -0.25) is 0 Å². The van der Waals surface area contributed by atoms with E-state index in [0.29, 0.717) is 17.1 Å². The predicted molar refractivity (Wildman–Crippen MR) is 99.3 cm³/mol. The predicted octanol–water partition coefficient (Wildman–Crippen LogP) is 4.63. The summed E-state index contributed by atoms with van der Waals surface area (Å²) in [4.78, 5) is 12.1. The molecule has 0 aromatic heterocycles. The van der Waals surface area contributed by atoms with Gasteiger partial charge < -0.3 is 20.7 Å². The van der Waals surface area contributed by atoms with Gasteiger partial charge >= 0.3 is 6.03 Å². The third kappa shape index (κ3) is 5.67. The van der Waals surface area contributed by atoms with Crippen molar-refractivity contribution in [2.45, 2.75) is 9.96 Å². The van der Waals surface area contributed by atoms with Crippen LogP contribution in [0.3, 0.4) is 0 Å². The standard InChI is InChI=1S/C16H16Cl3N3O2/c1-24-13-9-7-12(8-10-13)20-14(16(17,18)19)22-15(23)21-11-5-3-2-4-6-11/h2-10,14,20H,1H3,(H2,21,22,23)/t14-/m0/s1. The van der Waals surface area contributed by atoms with Crippen LogP contribution >= 0.6 is 34.8 Å². The van der Waals surface area contributed by atoms with Crippen molar-refractivity contribution in [2.75, 3.05) is 17.7 Å². The highest BCUT2D eigenvalue weighted by molar-refractivity contribution is 6.68. The molecule has 0 aliphatic carbocycles. The third-order valence-electron chi connectivity index (χ3n) is 3.04. The van der Waals surface area contributed by atoms with E-state index >= 15 is 0 Å². The van der Waals surface area contributed by atoms with Crippen molar-refractivity contribution in [1.82, 2.24) is 5.32 Å². The van der Waals surface area contributed by atoms with Gasteiger partial charge in [-0.15, -0.1) is 0 Å². The van der Waals surface area contributed by atoms with Gasteiger partial charge in [0.15, 0.2) is 0 Å². The lowest BCUT2D eigenvalue weighted by Gasteiger charge is -2.27. The van der Waals surface area contributed by atoms with Gasteiger partial charge in [0.1, 0.15) is 11.9 Å². The number of halogens is 3. The monoisotopic (exact) mass is 387 g/mol. The zero-order valence-electron chi connectivity index (χ0n) is 12.7. The number of amides is 2. The van der Waals surface area contributed by atoms with Crippen LogP contribution in [0.25, 0.3) is 0 Å². The number of carbonyl (C=O) groups excluding carboxylic acids is 1. The number of benzene rings is 2. The fourth-order valence-electron chi connectivity index (χ4n) is 1.87. The molecular weight excluding hydrogens is 373 g/mol. The molecule has 0 radical (unpaired) electrons. The van der Waals surface area contributed by atoms with Crippen molar-refractivity contribution in [1.29, 1.82) is 0 Å². The summed E-state index contributed by atoms with van der Waals surface area (Å²) in [6.07, 6.45) is -0.945. The van der Waals surface area contributed by atoms with Gasteiger partial charge in [-0.1, -0.05) is 53.0 Å². The third-order valence-corrected chi connectivity index (χ3v) is 3.69. The minimum atomic E-state index is -1.76. The lowest BCUT2D eigenvalue weighted by molar-refractivity contribution is 0.249. The molecule has 2 aromatic rings. The van der Waals surface area contributed by atoms with E-state index in [-0.39, 0.29) is 0 Å². The molecule has 8 heteroatoms. The molecule has 2 amide bonds. The number of anilines is 2. The Morgan fingerprint density at radius 1 is 1.00 bits per heavy atom. The van der Waals surface area contributed by atoms with E-state index in [1.54, 1.807) is 55.6 Å². The average Bonchev–Trinajstić information content (AvgIpc) is 2.55. The first-order chi connectivity index (χ1) is 11.4. The Morgan fingerprint density at radius 3 is 2.17 bits per heavy atom. The van der Waals surface area contributed by atoms with Gasteiger partial charge in [-0.05, 0) is 36.4 Å². The van der Waals surface area contributed by atoms with Crippen molar-refractivity contribution >= 4 is 52.2 Å². The number of carbonyl (C=O) groups is 1. The van der Waals surface area contributed by atoms with Crippen molar-refractivity contribution in [3.8, 4) is 5.75 Å². The summed E-state index contributed by atoms with van der Waals surface area (Å²) in [5.41, 5.74) is 1.29. The maximum atomic E-state index is 12.1. The maximum absolute atomic E-state index is 12.1. The van der Waals surface area contributed by atoms with Crippen LogP contribution in [0.1, 0.15) is 0 Å². The second kappa shape index (κ2) is 8.33. The van der Waals surface area contributed by atoms with Crippen molar-refractivity contribution in [3.05, 3.63) is 54.6 Å². The SMILES string of the molecule is COc1ccc(N[C@@H](NC(=O)Nc2ccccc2)C(Cl)(Cl)Cl)cc1. The molecule has 5 nitrogen and oxygen atoms in total. The van der Waals surface area contributed by atoms with Crippen LogP contribution in [0.4, 0.5) is 16.2 Å². The lowest BCUT2D eigenvalue weighted by Crippen LogP contribution is -2.50. The fourth-order valence-corrected chi connectivity index (χ4v) is 2.20. The molecule has 0 unspecified atom stereocenters. The number of hydrogen-bond acceptors (Lipinski definition) is 3. The Kier molecular flexibility index (Phi) is 6.43. The number of rotatable bonds is 5. The number of para-hydroxylation sites is 1. The van der Waals surface area contributed by atoms with Gasteiger partial charge in [0.25, 0.3) is 0 Å². The highest BCUT2D eigenvalue weighted by Crippen LogP contribution is 2.31. The second-order valence-corrected chi connectivity index (χ2v) is 7.18. The van der Waals surface area contributed by atoms with Crippen LogP contribution in [0.2, 0.25) is 0 Å². The van der Waals surface area contributed by atoms with Gasteiger partial charge in [0.05, 0.1) is 7.11 Å². The van der Waals surface area contributed by atoms with Gasteiger partial charge in [0.2, 0.25) is 3.79 Å². The number of hydrogen-bond donors (Lipinski definition) is 3. The number of alkyl halides is 3. The van der Waals surface area contributed by atoms with E-state index in [9.17, 15) is 4.79 Å². The van der Waals surface area contributed by atoms with E-state index in [0.717, 1.165) is 0 Å². The van der Waals surface area contributed by atoms with Crippen molar-refractivity contribution in [3.63, 3.8) is 0 Å². The summed E-state index contributed by atoms with van der Waals surface area (Å²) in [5.74, 6) is 0.695. The maximum Gasteiger partial charge on any atom is 0.320 e. The van der Waals surface area contributed by atoms with E-state index in [1.807, 2.05) is 6.07 Å². The second-order valence-electron chi connectivity index (χ2n) is 4.81. The van der Waals surface area contributed by atoms with Crippen LogP contribution in [0.15, 0.2) is 54.6 Å². The molecule has 2 rings (SSSR count). The van der Waals surface area contributed by atoms with Crippen LogP contribution < -0.4 is 20.7 Å². The highest BCUT2D eigenvalue weighted by atomic mass is 35.6. The molecule has 0 heterocycles. The Bertz CT molecular complexity index is 661. The normalized spacial score (nSPS) is 12.2. The molecule has 1 atom stereocenters. The summed E-state index contributed by atoms with van der Waals surface area (Å²) in [7, 11) is 1.57. The molecule has 0 fully saturated rings. The first-order valence-electron chi connectivity index (χ1n) is 6.98. The van der Waals surface area contributed by atoms with Crippen LogP contribution in [-0.4, -0.2) is 23.1 Å². The molecule has 0 spiro atoms. The van der Waals surface area contributed by atoms with Crippen molar-refractivity contribution < 1.29 is 9.53 Å². The summed E-state index contributed by atoms with van der Waals surface area (Å²) in [6.45, 7) is 0. The van der Waals surface area contributed by atoms with Crippen LogP contribution in [-0.2, 0) is 0 Å². The summed E-state index contributed by atoms with van der Waals surface area (Å²) >= 11 is 17.9. The zero-order chi connectivity index (χ0) is 17.6. The van der Waals surface area contributed by atoms with Crippen LogP contribution in [0, 0.1) is 0 Å². The summed E-state index contributed by atoms with van der Waals surface area (Å²) in [6, 6.07) is 15.5. The molecule has 2 aromatic carbocycles. The molecule has 0 aliphatic heterocycles. The van der Waals surface area contributed by atoms with Gasteiger partial charge in [-0.2, -0.15) is 0 Å². The number of urea groups is 1. The Labute approximate surface area is 155 Å². The minimum absolute atomic E-state index is 0.501. The lowest BCUT2D eigenvalue weighted by atomic mass is 10.3. The smallest absolute Gasteiger partial charge is 0.320 e. The van der Waals surface area contributed by atoms with Gasteiger partial charge in [0, 0.05) is 11.4 Å². The number of ether oxygens (including phenoxy) is 1. The summed E-state index contributed by atoms with van der Waals surface area (Å²) < 4.78 is 3.33. The number of nitrogens with one attached hydrogen (secondary N) is 3. The van der Waals surface area contributed by atoms with E-state index < -0.39 is 16.0 Å². The van der Waals surface area contributed by atoms with E-state index in [2.05, 4.69) is 16.0 Å². The topological polar surface area (TPSA) is 62.4 Å². The first kappa shape index (κ1) is 18.5. The van der Waals surface area contributed by atoms with Crippen molar-refractivity contribution in [2.24, 2.45) is 0 Å². The van der Waals surface area contributed by atoms with Crippen LogP contribution in [0.5, 0.6) is 5.75 Å². The first-order valence-corrected chi connectivity index (χ1v) is 8.12. The molecule has 0 bridgehead atoms. The molecule has 0 saturated heterocycles. The Hall–Kier alpha value is -1.82. The summed E-state index contributed by atoms with van der Waals surface area (Å²) in [5, 5.41) is 8.22. The number of methoxy groups -OCH3 is 1. The van der Waals surface area contributed by atoms with E-state index in [4.69, 9.17) is 39.5 Å². The molecule has 128 valence electrons. The largest absolute Gasteiger partial charge is 0.497 e. The molecule has 0 saturated carbocycles. The fraction of sp³-hybridized carbons (Fsp3) is 0.188. The van der Waals surface area contributed by atoms with Gasteiger partial charge in [-0.25, -0.2) is 4.79 Å². The quantitative estimate of drug-likeness (QED) is 0.517. The molecule has 3 N–H and O–H groups in total. The van der Waals surface area contributed by atoms with E-state index in [1.165, 1.54) is 0 Å². The minimum Gasteiger partial charge on any atom is -0.497 e.